The molecule has 4 rings (SSSR count). The number of benzene rings is 2. The predicted octanol–water partition coefficient (Wildman–Crippen LogP) is 6.31. The smallest absolute Gasteiger partial charge is 0.312 e. The van der Waals surface area contributed by atoms with E-state index in [2.05, 4.69) is 26.2 Å². The van der Waals surface area contributed by atoms with E-state index in [0.717, 1.165) is 36.9 Å². The Balaban J connectivity index is 1.71. The van der Waals surface area contributed by atoms with Gasteiger partial charge in [0.05, 0.1) is 22.1 Å². The van der Waals surface area contributed by atoms with E-state index >= 15 is 0 Å². The molecule has 0 radical (unpaired) electrons. The fraction of sp³-hybridized carbons (Fsp3) is 0.217. The summed E-state index contributed by atoms with van der Waals surface area (Å²) in [5.74, 6) is -0.0358. The Morgan fingerprint density at radius 2 is 2.00 bits per heavy atom. The molecule has 1 aromatic heterocycles. The summed E-state index contributed by atoms with van der Waals surface area (Å²) in [5.41, 5.74) is 2.74. The Kier molecular flexibility index (Phi) is 6.66. The second-order valence-corrected chi connectivity index (χ2v) is 9.22. The van der Waals surface area contributed by atoms with Crippen LogP contribution in [0.2, 0.25) is 0 Å². The van der Waals surface area contributed by atoms with Gasteiger partial charge in [-0.25, -0.2) is 4.99 Å². The summed E-state index contributed by atoms with van der Waals surface area (Å²) in [5, 5.41) is 15.0. The van der Waals surface area contributed by atoms with Crippen LogP contribution in [-0.4, -0.2) is 24.2 Å². The molecule has 0 saturated carbocycles. The number of carbonyl (C=O) groups excluding carboxylic acids is 1. The van der Waals surface area contributed by atoms with Gasteiger partial charge in [0.25, 0.3) is 5.91 Å². The number of aliphatic imine (C=N–C) groups is 1. The number of fused-ring (bicyclic) bond motifs is 1. The van der Waals surface area contributed by atoms with Crippen molar-refractivity contribution in [2.24, 2.45) is 4.99 Å². The number of amides is 1. The number of nitrogens with zero attached hydrogens (tertiary/aromatic N) is 2. The van der Waals surface area contributed by atoms with Crippen LogP contribution in [-0.2, 0) is 12.8 Å². The topological polar surface area (TPSA) is 93.8 Å². The minimum absolute atomic E-state index is 0.154. The van der Waals surface area contributed by atoms with Crippen LogP contribution in [0.1, 0.15) is 39.2 Å². The van der Waals surface area contributed by atoms with Crippen molar-refractivity contribution in [3.63, 3.8) is 0 Å². The molecule has 1 heterocycles. The number of hydrogen-bond acceptors (Lipinski definition) is 6. The lowest BCUT2D eigenvalue weighted by Gasteiger charge is -2.12. The number of nitrogens with one attached hydrogen (secondary N) is 1. The maximum Gasteiger partial charge on any atom is 0.312 e. The number of anilines is 1. The van der Waals surface area contributed by atoms with Crippen LogP contribution in [0.5, 0.6) is 5.75 Å². The van der Waals surface area contributed by atoms with Gasteiger partial charge in [0.1, 0.15) is 5.00 Å². The lowest BCUT2D eigenvalue weighted by molar-refractivity contribution is -0.385. The van der Waals surface area contributed by atoms with Gasteiger partial charge in [-0.1, -0.05) is 18.2 Å². The summed E-state index contributed by atoms with van der Waals surface area (Å²) in [7, 11) is 1.38. The van der Waals surface area contributed by atoms with Crippen molar-refractivity contribution < 1.29 is 14.5 Å². The van der Waals surface area contributed by atoms with Crippen LogP contribution in [0.25, 0.3) is 0 Å². The minimum atomic E-state index is -0.497. The van der Waals surface area contributed by atoms with Crippen LogP contribution < -0.4 is 10.1 Å². The Morgan fingerprint density at radius 1 is 1.25 bits per heavy atom. The number of thiophene rings is 1. The summed E-state index contributed by atoms with van der Waals surface area (Å²) >= 11 is 4.83. The second kappa shape index (κ2) is 9.62. The Bertz CT molecular complexity index is 1210. The van der Waals surface area contributed by atoms with Gasteiger partial charge in [-0.15, -0.1) is 11.3 Å². The van der Waals surface area contributed by atoms with E-state index in [4.69, 9.17) is 4.74 Å². The van der Waals surface area contributed by atoms with E-state index in [9.17, 15) is 14.9 Å². The van der Waals surface area contributed by atoms with Crippen LogP contribution >= 0.6 is 27.3 Å². The molecule has 1 amide bonds. The van der Waals surface area contributed by atoms with Gasteiger partial charge in [0.15, 0.2) is 0 Å². The molecular weight excluding hydrogens is 494 g/mol. The number of nitro groups is 1. The quantitative estimate of drug-likeness (QED) is 0.237. The number of hydrogen-bond donors (Lipinski definition) is 1. The zero-order chi connectivity index (χ0) is 22.7. The predicted molar refractivity (Wildman–Crippen MR) is 130 cm³/mol. The SMILES string of the molecule is COc1c(Br)cc(C=Nc2sc3c(c2C(=O)Nc2ccccc2)CCCC3)cc1[N+](=O)[O-]. The number of nitro benzene ring substituents is 1. The van der Waals surface area contributed by atoms with Crippen molar-refractivity contribution in [1.82, 2.24) is 0 Å². The first kappa shape index (κ1) is 22.2. The number of aryl methyl sites for hydroxylation is 1. The van der Waals surface area contributed by atoms with Gasteiger partial charge in [0, 0.05) is 28.4 Å². The van der Waals surface area contributed by atoms with E-state index < -0.39 is 4.92 Å². The van der Waals surface area contributed by atoms with Crippen LogP contribution in [0.3, 0.4) is 0 Å². The van der Waals surface area contributed by atoms with Crippen molar-refractivity contribution in [2.45, 2.75) is 25.7 Å². The van der Waals surface area contributed by atoms with E-state index in [0.29, 0.717) is 20.6 Å². The number of rotatable bonds is 6. The molecule has 1 aliphatic carbocycles. The Morgan fingerprint density at radius 3 is 2.72 bits per heavy atom. The highest BCUT2D eigenvalue weighted by atomic mass is 79.9. The maximum absolute atomic E-state index is 13.2. The average molecular weight is 514 g/mol. The Hall–Kier alpha value is -3.04. The third-order valence-corrected chi connectivity index (χ3v) is 6.98. The number of methoxy groups -OCH3 is 1. The van der Waals surface area contributed by atoms with Gasteiger partial charge in [-0.05, 0) is 65.4 Å². The molecule has 0 bridgehead atoms. The largest absolute Gasteiger partial charge is 0.489 e. The van der Waals surface area contributed by atoms with E-state index in [-0.39, 0.29) is 17.3 Å². The van der Waals surface area contributed by atoms with Gasteiger partial charge < -0.3 is 10.1 Å². The molecule has 9 heteroatoms. The first-order chi connectivity index (χ1) is 15.5. The zero-order valence-electron chi connectivity index (χ0n) is 17.3. The highest BCUT2D eigenvalue weighted by Crippen LogP contribution is 2.41. The molecule has 1 N–H and O–H groups in total. The van der Waals surface area contributed by atoms with Gasteiger partial charge in [-0.2, -0.15) is 0 Å². The fourth-order valence-electron chi connectivity index (χ4n) is 3.74. The summed E-state index contributed by atoms with van der Waals surface area (Å²) in [4.78, 5) is 29.9. The molecule has 0 saturated heterocycles. The molecular formula is C23H20BrN3O4S. The van der Waals surface area contributed by atoms with Crippen LogP contribution in [0.4, 0.5) is 16.4 Å². The van der Waals surface area contributed by atoms with E-state index in [1.54, 1.807) is 12.3 Å². The van der Waals surface area contributed by atoms with Gasteiger partial charge >= 0.3 is 5.69 Å². The van der Waals surface area contributed by atoms with Crippen LogP contribution in [0.15, 0.2) is 51.9 Å². The molecule has 2 aromatic carbocycles. The fourth-order valence-corrected chi connectivity index (χ4v) is 5.60. The van der Waals surface area contributed by atoms with Crippen molar-refractivity contribution >= 4 is 55.8 Å². The zero-order valence-corrected chi connectivity index (χ0v) is 19.7. The number of para-hydroxylation sites is 1. The number of carbonyl (C=O) groups is 1. The molecule has 0 spiro atoms. The number of ether oxygens (including phenoxy) is 1. The maximum atomic E-state index is 13.2. The monoisotopic (exact) mass is 513 g/mol. The first-order valence-corrected chi connectivity index (χ1v) is 11.7. The third kappa shape index (κ3) is 4.58. The molecule has 164 valence electrons. The molecule has 3 aromatic rings. The molecule has 0 fully saturated rings. The summed E-state index contributed by atoms with van der Waals surface area (Å²) in [6, 6.07) is 12.4. The van der Waals surface area contributed by atoms with Gasteiger partial charge in [-0.3, -0.25) is 14.9 Å². The lowest BCUT2D eigenvalue weighted by Crippen LogP contribution is -2.14. The summed E-state index contributed by atoms with van der Waals surface area (Å²) < 4.78 is 5.59. The molecule has 0 unspecified atom stereocenters. The van der Waals surface area contributed by atoms with Crippen molar-refractivity contribution in [1.29, 1.82) is 0 Å². The second-order valence-electron chi connectivity index (χ2n) is 7.28. The van der Waals surface area contributed by atoms with Crippen molar-refractivity contribution in [2.75, 3.05) is 12.4 Å². The highest BCUT2D eigenvalue weighted by molar-refractivity contribution is 9.10. The number of halogens is 1. The summed E-state index contributed by atoms with van der Waals surface area (Å²) in [6.07, 6.45) is 5.46. The third-order valence-electron chi connectivity index (χ3n) is 5.19. The van der Waals surface area contributed by atoms with Gasteiger partial charge in [0.2, 0.25) is 5.75 Å². The Labute approximate surface area is 197 Å². The average Bonchev–Trinajstić information content (AvgIpc) is 3.16. The molecule has 32 heavy (non-hydrogen) atoms. The summed E-state index contributed by atoms with van der Waals surface area (Å²) in [6.45, 7) is 0. The molecule has 1 aliphatic rings. The lowest BCUT2D eigenvalue weighted by atomic mass is 9.95. The molecule has 0 aliphatic heterocycles. The molecule has 0 atom stereocenters. The first-order valence-electron chi connectivity index (χ1n) is 10.0. The van der Waals surface area contributed by atoms with E-state index in [1.165, 1.54) is 29.4 Å². The molecule has 7 nitrogen and oxygen atoms in total. The standard InChI is InChI=1S/C23H20BrN3O4S/c1-31-21-17(24)11-14(12-18(21)27(29)30)13-25-23-20(16-9-5-6-10-19(16)32-23)22(28)26-15-7-3-2-4-8-15/h2-4,7-8,11-13H,5-6,9-10H2,1H3,(H,26,28). The van der Waals surface area contributed by atoms with Crippen LogP contribution in [0, 0.1) is 10.1 Å². The van der Waals surface area contributed by atoms with Crippen molar-refractivity contribution in [3.05, 3.63) is 78.6 Å². The minimum Gasteiger partial charge on any atom is -0.489 e. The normalized spacial score (nSPS) is 13.1. The van der Waals surface area contributed by atoms with E-state index in [1.807, 2.05) is 30.3 Å². The highest BCUT2D eigenvalue weighted by Gasteiger charge is 2.25. The van der Waals surface area contributed by atoms with Crippen molar-refractivity contribution in [3.8, 4) is 5.75 Å².